The number of benzene rings is 2. The van der Waals surface area contributed by atoms with Crippen molar-refractivity contribution in [3.8, 4) is 5.75 Å². The van der Waals surface area contributed by atoms with Crippen molar-refractivity contribution in [1.29, 1.82) is 0 Å². The number of carbonyl (C=O) groups is 2. The van der Waals surface area contributed by atoms with Crippen molar-refractivity contribution in [2.45, 2.75) is 24.5 Å². The molecule has 1 saturated carbocycles. The Kier molecular flexibility index (Phi) is 3.99. The van der Waals surface area contributed by atoms with Crippen molar-refractivity contribution < 1.29 is 19.1 Å². The van der Waals surface area contributed by atoms with Crippen LogP contribution in [0.1, 0.15) is 30.0 Å². The molecule has 1 spiro atoms. The Morgan fingerprint density at radius 3 is 2.46 bits per heavy atom. The molecule has 2 amide bonds. The van der Waals surface area contributed by atoms with Gasteiger partial charge in [0.2, 0.25) is 0 Å². The zero-order valence-electron chi connectivity index (χ0n) is 14.4. The van der Waals surface area contributed by atoms with E-state index >= 15 is 0 Å². The number of nitrogens with zero attached hydrogens (tertiary/aromatic N) is 1. The molecule has 1 atom stereocenters. The van der Waals surface area contributed by atoms with Crippen LogP contribution >= 0.6 is 0 Å². The van der Waals surface area contributed by atoms with Gasteiger partial charge >= 0.3 is 6.09 Å². The predicted molar refractivity (Wildman–Crippen MR) is 96.5 cm³/mol. The first-order valence-electron chi connectivity index (χ1n) is 8.56. The summed E-state index contributed by atoms with van der Waals surface area (Å²) < 4.78 is 10.7. The van der Waals surface area contributed by atoms with Crippen molar-refractivity contribution in [3.63, 3.8) is 0 Å². The van der Waals surface area contributed by atoms with Gasteiger partial charge in [0, 0.05) is 6.08 Å². The maximum Gasteiger partial charge on any atom is 0.418 e. The molecule has 1 heterocycles. The quantitative estimate of drug-likeness (QED) is 0.784. The molecule has 5 nitrogen and oxygen atoms in total. The summed E-state index contributed by atoms with van der Waals surface area (Å²) in [5.41, 5.74) is 1.22. The summed E-state index contributed by atoms with van der Waals surface area (Å²) in [5, 5.41) is 0. The summed E-state index contributed by atoms with van der Waals surface area (Å²) in [6, 6.07) is 16.6. The van der Waals surface area contributed by atoms with Gasteiger partial charge in [-0.15, -0.1) is 0 Å². The lowest BCUT2D eigenvalue weighted by atomic mass is 9.99. The van der Waals surface area contributed by atoms with E-state index in [1.807, 2.05) is 54.6 Å². The Hall–Kier alpha value is -3.08. The Morgan fingerprint density at radius 1 is 1.15 bits per heavy atom. The Balaban J connectivity index is 1.59. The van der Waals surface area contributed by atoms with E-state index in [2.05, 4.69) is 0 Å². The Bertz CT molecular complexity index is 853. The van der Waals surface area contributed by atoms with Gasteiger partial charge in [0.15, 0.2) is 0 Å². The fraction of sp³-hybridized carbons (Fsp3) is 0.238. The maximum absolute atomic E-state index is 12.8. The molecular weight excluding hydrogens is 330 g/mol. The van der Waals surface area contributed by atoms with E-state index in [9.17, 15) is 9.59 Å². The molecular formula is C21H19NO4. The van der Waals surface area contributed by atoms with E-state index in [1.54, 1.807) is 13.2 Å². The van der Waals surface area contributed by atoms with Crippen LogP contribution in [-0.4, -0.2) is 29.6 Å². The number of carbonyl (C=O) groups excluding carboxylic acids is 2. The van der Waals surface area contributed by atoms with Crippen LogP contribution in [0.25, 0.3) is 6.08 Å². The lowest BCUT2D eigenvalue weighted by Gasteiger charge is -2.22. The zero-order valence-corrected chi connectivity index (χ0v) is 14.4. The van der Waals surface area contributed by atoms with Gasteiger partial charge in [-0.05, 0) is 42.2 Å². The molecule has 2 aromatic carbocycles. The van der Waals surface area contributed by atoms with Crippen LogP contribution in [0.15, 0.2) is 60.7 Å². The van der Waals surface area contributed by atoms with E-state index < -0.39 is 11.7 Å². The first-order valence-corrected chi connectivity index (χ1v) is 8.56. The van der Waals surface area contributed by atoms with Gasteiger partial charge < -0.3 is 9.47 Å². The van der Waals surface area contributed by atoms with Crippen molar-refractivity contribution >= 4 is 18.1 Å². The van der Waals surface area contributed by atoms with Gasteiger partial charge in [-0.2, -0.15) is 0 Å². The van der Waals surface area contributed by atoms with Crippen molar-refractivity contribution in [3.05, 3.63) is 71.8 Å². The molecule has 26 heavy (non-hydrogen) atoms. The van der Waals surface area contributed by atoms with E-state index in [-0.39, 0.29) is 11.9 Å². The zero-order chi connectivity index (χ0) is 18.1. The first kappa shape index (κ1) is 16.4. The van der Waals surface area contributed by atoms with Crippen LogP contribution in [0.5, 0.6) is 5.75 Å². The second-order valence-electron chi connectivity index (χ2n) is 6.56. The fourth-order valence-corrected chi connectivity index (χ4v) is 3.39. The third kappa shape index (κ3) is 2.86. The van der Waals surface area contributed by atoms with Gasteiger partial charge in [0.25, 0.3) is 5.91 Å². The minimum atomic E-state index is -0.569. The van der Waals surface area contributed by atoms with Crippen LogP contribution in [0.3, 0.4) is 0 Å². The highest BCUT2D eigenvalue weighted by molar-refractivity contribution is 6.02. The largest absolute Gasteiger partial charge is 0.497 e. The SMILES string of the molecule is COc1ccc(/C=C/C(=O)N2C(=O)OC3(CC3)[C@@H]2c2ccccc2)cc1. The average molecular weight is 349 g/mol. The van der Waals surface area contributed by atoms with Gasteiger partial charge in [-0.25, -0.2) is 9.69 Å². The minimum Gasteiger partial charge on any atom is -0.497 e. The second kappa shape index (κ2) is 6.33. The molecule has 0 aromatic heterocycles. The molecule has 4 rings (SSSR count). The Labute approximate surface area is 151 Å². The average Bonchev–Trinajstić information content (AvgIpc) is 3.37. The Morgan fingerprint density at radius 2 is 1.85 bits per heavy atom. The number of amides is 2. The third-order valence-corrected chi connectivity index (χ3v) is 4.87. The minimum absolute atomic E-state index is 0.371. The van der Waals surface area contributed by atoms with Gasteiger partial charge in [0.1, 0.15) is 17.4 Å². The smallest absolute Gasteiger partial charge is 0.418 e. The highest BCUT2D eigenvalue weighted by atomic mass is 16.6. The molecule has 2 aromatic rings. The first-order chi connectivity index (χ1) is 12.6. The third-order valence-electron chi connectivity index (χ3n) is 4.87. The molecule has 0 bridgehead atoms. The number of hydrogen-bond acceptors (Lipinski definition) is 4. The van der Waals surface area contributed by atoms with Crippen molar-refractivity contribution in [2.24, 2.45) is 0 Å². The molecule has 1 aliphatic heterocycles. The van der Waals surface area contributed by atoms with E-state index in [0.717, 1.165) is 29.7 Å². The van der Waals surface area contributed by atoms with Gasteiger partial charge in [-0.1, -0.05) is 42.5 Å². The second-order valence-corrected chi connectivity index (χ2v) is 6.56. The maximum atomic E-state index is 12.8. The number of imide groups is 1. The molecule has 2 fully saturated rings. The fourth-order valence-electron chi connectivity index (χ4n) is 3.39. The van der Waals surface area contributed by atoms with Crippen LogP contribution in [0.2, 0.25) is 0 Å². The summed E-state index contributed by atoms with van der Waals surface area (Å²) in [6.45, 7) is 0. The predicted octanol–water partition coefficient (Wildman–Crippen LogP) is 3.96. The van der Waals surface area contributed by atoms with Crippen molar-refractivity contribution in [1.82, 2.24) is 4.90 Å². The topological polar surface area (TPSA) is 55.8 Å². The van der Waals surface area contributed by atoms with Crippen LogP contribution in [0.4, 0.5) is 4.79 Å². The van der Waals surface area contributed by atoms with E-state index in [4.69, 9.17) is 9.47 Å². The molecule has 132 valence electrons. The normalized spacial score (nSPS) is 20.4. The molecule has 5 heteroatoms. The number of methoxy groups -OCH3 is 1. The van der Waals surface area contributed by atoms with Crippen LogP contribution in [-0.2, 0) is 9.53 Å². The van der Waals surface area contributed by atoms with Crippen LogP contribution in [0, 0.1) is 0 Å². The van der Waals surface area contributed by atoms with Crippen LogP contribution < -0.4 is 4.74 Å². The highest BCUT2D eigenvalue weighted by Crippen LogP contribution is 2.56. The summed E-state index contributed by atoms with van der Waals surface area (Å²) in [6.07, 6.45) is 4.10. The molecule has 2 aliphatic rings. The summed E-state index contributed by atoms with van der Waals surface area (Å²) in [7, 11) is 1.60. The van der Waals surface area contributed by atoms with E-state index in [1.165, 1.54) is 11.0 Å². The van der Waals surface area contributed by atoms with Gasteiger partial charge in [0.05, 0.1) is 7.11 Å². The standard InChI is InChI=1S/C21H19NO4/c1-25-17-10-7-15(8-11-17)9-12-18(23)22-19(16-5-3-2-4-6-16)21(13-14-21)26-20(22)24/h2-12,19H,13-14H2,1H3/b12-9+/t19-/m0/s1. The van der Waals surface area contributed by atoms with E-state index in [0.29, 0.717) is 0 Å². The summed E-state index contributed by atoms with van der Waals surface area (Å²) in [4.78, 5) is 26.4. The molecule has 1 aliphatic carbocycles. The number of rotatable bonds is 4. The highest BCUT2D eigenvalue weighted by Gasteiger charge is 2.63. The lowest BCUT2D eigenvalue weighted by Crippen LogP contribution is -2.34. The summed E-state index contributed by atoms with van der Waals surface area (Å²) >= 11 is 0. The number of hydrogen-bond donors (Lipinski definition) is 0. The molecule has 0 N–H and O–H groups in total. The molecule has 0 unspecified atom stereocenters. The summed E-state index contributed by atoms with van der Waals surface area (Å²) in [5.74, 6) is 0.375. The molecule has 0 radical (unpaired) electrons. The lowest BCUT2D eigenvalue weighted by molar-refractivity contribution is -0.124. The van der Waals surface area contributed by atoms with Crippen molar-refractivity contribution in [2.75, 3.05) is 7.11 Å². The molecule has 1 saturated heterocycles. The monoisotopic (exact) mass is 349 g/mol. The number of ether oxygens (including phenoxy) is 2. The van der Waals surface area contributed by atoms with Gasteiger partial charge in [-0.3, -0.25) is 4.79 Å².